The second kappa shape index (κ2) is 5.48. The van der Waals surface area contributed by atoms with Gasteiger partial charge in [-0.25, -0.2) is 0 Å². The number of nitrogens with zero attached hydrogens (tertiary/aromatic N) is 1. The summed E-state index contributed by atoms with van der Waals surface area (Å²) in [6.07, 6.45) is 1.42. The molecule has 20 heavy (non-hydrogen) atoms. The molecule has 1 aliphatic heterocycles. The van der Waals surface area contributed by atoms with Crippen LogP contribution in [0.1, 0.15) is 31.7 Å². The molecule has 1 saturated heterocycles. The molecule has 1 N–H and O–H groups in total. The molecule has 1 fully saturated rings. The van der Waals surface area contributed by atoms with Crippen molar-refractivity contribution in [3.05, 3.63) is 35.9 Å². The van der Waals surface area contributed by atoms with Crippen LogP contribution in [-0.2, 0) is 10.7 Å². The van der Waals surface area contributed by atoms with E-state index >= 15 is 0 Å². The van der Waals surface area contributed by atoms with E-state index in [0.717, 1.165) is 0 Å². The van der Waals surface area contributed by atoms with Gasteiger partial charge in [0.2, 0.25) is 0 Å². The molecule has 1 atom stereocenters. The van der Waals surface area contributed by atoms with Crippen molar-refractivity contribution in [2.24, 2.45) is 0 Å². The summed E-state index contributed by atoms with van der Waals surface area (Å²) in [5.74, 6) is -4.04. The fourth-order valence-corrected chi connectivity index (χ4v) is 2.97. The molecule has 2 rings (SSSR count). The molecular weight excluding hydrogens is 264 g/mol. The standard InChI is InChI=1S/C15H19F2NO2/c1-2-14(13(19)20)9-6-10-18(14)11-15(16,17)12-7-4-3-5-8-12/h3-5,7-8H,2,6,9-11H2,1H3,(H,19,20). The van der Waals surface area contributed by atoms with E-state index in [9.17, 15) is 18.7 Å². The van der Waals surface area contributed by atoms with E-state index in [1.54, 1.807) is 25.1 Å². The van der Waals surface area contributed by atoms with Gasteiger partial charge in [-0.15, -0.1) is 0 Å². The zero-order valence-corrected chi connectivity index (χ0v) is 11.5. The minimum absolute atomic E-state index is 0.0673. The van der Waals surface area contributed by atoms with E-state index in [4.69, 9.17) is 0 Å². The number of carbonyl (C=O) groups is 1. The van der Waals surface area contributed by atoms with Crippen LogP contribution in [0.25, 0.3) is 0 Å². The minimum atomic E-state index is -3.04. The predicted molar refractivity (Wildman–Crippen MR) is 71.8 cm³/mol. The number of aliphatic carboxylic acids is 1. The van der Waals surface area contributed by atoms with Gasteiger partial charge >= 0.3 is 5.97 Å². The van der Waals surface area contributed by atoms with E-state index in [1.807, 2.05) is 0 Å². The number of likely N-dealkylation sites (tertiary alicyclic amines) is 1. The topological polar surface area (TPSA) is 40.5 Å². The number of hydrogen-bond donors (Lipinski definition) is 1. The van der Waals surface area contributed by atoms with E-state index in [-0.39, 0.29) is 5.56 Å². The van der Waals surface area contributed by atoms with Crippen molar-refractivity contribution < 1.29 is 18.7 Å². The number of carboxylic acids is 1. The highest BCUT2D eigenvalue weighted by atomic mass is 19.3. The summed E-state index contributed by atoms with van der Waals surface area (Å²) in [5, 5.41) is 9.42. The maximum Gasteiger partial charge on any atom is 0.324 e. The average Bonchev–Trinajstić information content (AvgIpc) is 2.83. The summed E-state index contributed by atoms with van der Waals surface area (Å²) in [5.41, 5.74) is -1.21. The summed E-state index contributed by atoms with van der Waals surface area (Å²) >= 11 is 0. The van der Waals surface area contributed by atoms with Crippen molar-refractivity contribution in [2.45, 2.75) is 37.6 Å². The molecule has 1 heterocycles. The maximum atomic E-state index is 14.3. The highest BCUT2D eigenvalue weighted by Gasteiger charge is 2.49. The third kappa shape index (κ3) is 2.54. The van der Waals surface area contributed by atoms with Crippen molar-refractivity contribution in [1.82, 2.24) is 4.90 Å². The van der Waals surface area contributed by atoms with Crippen LogP contribution < -0.4 is 0 Å². The third-order valence-corrected chi connectivity index (χ3v) is 4.19. The molecule has 5 heteroatoms. The summed E-state index contributed by atoms with van der Waals surface area (Å²) in [6, 6.07) is 7.58. The second-order valence-corrected chi connectivity index (χ2v) is 5.29. The van der Waals surface area contributed by atoms with E-state index < -0.39 is 24.0 Å². The number of carboxylic acid groups (broad SMARTS) is 1. The van der Waals surface area contributed by atoms with Gasteiger partial charge < -0.3 is 5.11 Å². The molecule has 0 aromatic heterocycles. The summed E-state index contributed by atoms with van der Waals surface area (Å²) in [6.45, 7) is 1.60. The predicted octanol–water partition coefficient (Wildman–Crippen LogP) is 3.11. The van der Waals surface area contributed by atoms with Gasteiger partial charge in [0.15, 0.2) is 0 Å². The Morgan fingerprint density at radius 2 is 2.05 bits per heavy atom. The van der Waals surface area contributed by atoms with Crippen LogP contribution >= 0.6 is 0 Å². The van der Waals surface area contributed by atoms with Crippen molar-refractivity contribution in [1.29, 1.82) is 0 Å². The Balaban J connectivity index is 2.22. The number of halogens is 2. The van der Waals surface area contributed by atoms with Crippen molar-refractivity contribution in [3.63, 3.8) is 0 Å². The minimum Gasteiger partial charge on any atom is -0.480 e. The molecule has 3 nitrogen and oxygen atoms in total. The first kappa shape index (κ1) is 14.9. The van der Waals surface area contributed by atoms with Crippen LogP contribution in [0, 0.1) is 0 Å². The zero-order valence-electron chi connectivity index (χ0n) is 11.5. The van der Waals surface area contributed by atoms with Crippen molar-refractivity contribution in [3.8, 4) is 0 Å². The van der Waals surface area contributed by atoms with Crippen LogP contribution in [-0.4, -0.2) is 34.6 Å². The third-order valence-electron chi connectivity index (χ3n) is 4.19. The molecule has 0 saturated carbocycles. The second-order valence-electron chi connectivity index (χ2n) is 5.29. The van der Waals surface area contributed by atoms with Crippen LogP contribution in [0.3, 0.4) is 0 Å². The zero-order chi connectivity index (χ0) is 14.8. The molecule has 0 bridgehead atoms. The Bertz CT molecular complexity index is 478. The number of benzene rings is 1. The van der Waals surface area contributed by atoms with Crippen molar-refractivity contribution in [2.75, 3.05) is 13.1 Å². The first-order valence-electron chi connectivity index (χ1n) is 6.84. The summed E-state index contributed by atoms with van der Waals surface area (Å²) in [4.78, 5) is 12.9. The normalized spacial score (nSPS) is 23.9. The highest BCUT2D eigenvalue weighted by molar-refractivity contribution is 5.79. The van der Waals surface area contributed by atoms with Crippen LogP contribution in [0.2, 0.25) is 0 Å². The lowest BCUT2D eigenvalue weighted by atomic mass is 9.92. The lowest BCUT2D eigenvalue weighted by Crippen LogP contribution is -2.53. The Morgan fingerprint density at radius 3 is 2.60 bits per heavy atom. The largest absolute Gasteiger partial charge is 0.480 e. The fraction of sp³-hybridized carbons (Fsp3) is 0.533. The smallest absolute Gasteiger partial charge is 0.324 e. The molecule has 0 spiro atoms. The molecule has 0 aliphatic carbocycles. The maximum absolute atomic E-state index is 14.3. The molecular formula is C15H19F2NO2. The Morgan fingerprint density at radius 1 is 1.40 bits per heavy atom. The van der Waals surface area contributed by atoms with Gasteiger partial charge in [-0.1, -0.05) is 37.3 Å². The molecule has 110 valence electrons. The van der Waals surface area contributed by atoms with Crippen LogP contribution in [0.15, 0.2) is 30.3 Å². The summed E-state index contributed by atoms with van der Waals surface area (Å²) in [7, 11) is 0. The quantitative estimate of drug-likeness (QED) is 0.902. The lowest BCUT2D eigenvalue weighted by molar-refractivity contribution is -0.153. The van der Waals surface area contributed by atoms with Gasteiger partial charge in [-0.05, 0) is 25.8 Å². The molecule has 0 amide bonds. The summed E-state index contributed by atoms with van der Waals surface area (Å²) < 4.78 is 28.6. The molecule has 1 unspecified atom stereocenters. The van der Waals surface area contributed by atoms with Crippen LogP contribution in [0.4, 0.5) is 8.78 Å². The highest BCUT2D eigenvalue weighted by Crippen LogP contribution is 2.38. The van der Waals surface area contributed by atoms with Gasteiger partial charge in [0.05, 0.1) is 6.54 Å². The SMILES string of the molecule is CCC1(C(=O)O)CCCN1CC(F)(F)c1ccccc1. The van der Waals surface area contributed by atoms with Gasteiger partial charge in [0.25, 0.3) is 5.92 Å². The number of rotatable bonds is 5. The Labute approximate surface area is 117 Å². The van der Waals surface area contributed by atoms with E-state index in [0.29, 0.717) is 25.8 Å². The van der Waals surface area contributed by atoms with Crippen LogP contribution in [0.5, 0.6) is 0 Å². The molecule has 1 aromatic rings. The van der Waals surface area contributed by atoms with Gasteiger partial charge in [-0.2, -0.15) is 8.78 Å². The van der Waals surface area contributed by atoms with E-state index in [1.165, 1.54) is 17.0 Å². The molecule has 1 aliphatic rings. The Kier molecular flexibility index (Phi) is 4.09. The number of hydrogen-bond acceptors (Lipinski definition) is 2. The van der Waals surface area contributed by atoms with Gasteiger partial charge in [-0.3, -0.25) is 9.69 Å². The number of alkyl halides is 2. The monoisotopic (exact) mass is 283 g/mol. The van der Waals surface area contributed by atoms with Gasteiger partial charge in [0.1, 0.15) is 5.54 Å². The lowest BCUT2D eigenvalue weighted by Gasteiger charge is -2.36. The first-order chi connectivity index (χ1) is 9.42. The molecule has 1 aromatic carbocycles. The average molecular weight is 283 g/mol. The molecule has 0 radical (unpaired) electrons. The van der Waals surface area contributed by atoms with E-state index in [2.05, 4.69) is 0 Å². The van der Waals surface area contributed by atoms with Crippen molar-refractivity contribution >= 4 is 5.97 Å². The first-order valence-corrected chi connectivity index (χ1v) is 6.84. The Hall–Kier alpha value is -1.49. The fourth-order valence-electron chi connectivity index (χ4n) is 2.97. The van der Waals surface area contributed by atoms with Gasteiger partial charge in [0, 0.05) is 5.56 Å².